The van der Waals surface area contributed by atoms with Gasteiger partial charge in [0.2, 0.25) is 5.91 Å². The molecule has 0 bridgehead atoms. The van der Waals surface area contributed by atoms with Crippen LogP contribution in [-0.4, -0.2) is 25.6 Å². The number of amides is 1. The second-order valence-corrected chi connectivity index (χ2v) is 8.34. The smallest absolute Gasteiger partial charge is 0.292 e. The number of para-hydroxylation sites is 4. The van der Waals surface area contributed by atoms with E-state index in [2.05, 4.69) is 10.3 Å². The van der Waals surface area contributed by atoms with Gasteiger partial charge in [-0.15, -0.1) is 0 Å². The van der Waals surface area contributed by atoms with Crippen molar-refractivity contribution in [2.75, 3.05) is 5.32 Å². The number of nitro benzene ring substituents is 1. The van der Waals surface area contributed by atoms with Gasteiger partial charge in [-0.05, 0) is 37.3 Å². The van der Waals surface area contributed by atoms with Gasteiger partial charge >= 0.3 is 0 Å². The Labute approximate surface area is 191 Å². The fraction of sp³-hybridized carbons (Fsp3) is 0.0870. The first-order valence-corrected chi connectivity index (χ1v) is 10.7. The maximum Gasteiger partial charge on any atom is 0.292 e. The van der Waals surface area contributed by atoms with Crippen molar-refractivity contribution in [2.45, 2.75) is 17.3 Å². The number of anilines is 1. The molecule has 166 valence electrons. The lowest BCUT2D eigenvalue weighted by atomic mass is 10.2. The molecule has 1 N–H and O–H groups in total. The van der Waals surface area contributed by atoms with Crippen LogP contribution in [-0.2, 0) is 4.79 Å². The molecule has 0 saturated heterocycles. The van der Waals surface area contributed by atoms with Gasteiger partial charge in [-0.2, -0.15) is 0 Å². The van der Waals surface area contributed by atoms with E-state index in [1.54, 1.807) is 43.3 Å². The highest BCUT2D eigenvalue weighted by Gasteiger charge is 2.23. The molecule has 0 aliphatic rings. The minimum absolute atomic E-state index is 0.00885. The third-order valence-corrected chi connectivity index (χ3v) is 5.90. The van der Waals surface area contributed by atoms with Crippen molar-refractivity contribution in [1.29, 1.82) is 0 Å². The number of benzene rings is 3. The van der Waals surface area contributed by atoms with Crippen molar-refractivity contribution in [1.82, 2.24) is 9.55 Å². The molecule has 10 heteroatoms. The van der Waals surface area contributed by atoms with Crippen LogP contribution in [0.15, 0.2) is 82.7 Å². The van der Waals surface area contributed by atoms with E-state index in [-0.39, 0.29) is 22.2 Å². The van der Waals surface area contributed by atoms with Crippen LogP contribution in [0.3, 0.4) is 0 Å². The van der Waals surface area contributed by atoms with E-state index in [0.29, 0.717) is 10.9 Å². The van der Waals surface area contributed by atoms with Gasteiger partial charge in [0.15, 0.2) is 5.16 Å². The lowest BCUT2D eigenvalue weighted by Crippen LogP contribution is -2.27. The Kier molecular flexibility index (Phi) is 6.18. The zero-order chi connectivity index (χ0) is 23.5. The van der Waals surface area contributed by atoms with Crippen molar-refractivity contribution >= 4 is 39.9 Å². The molecule has 0 radical (unpaired) electrons. The number of nitro groups is 1. The Bertz CT molecular complexity index is 1440. The summed E-state index contributed by atoms with van der Waals surface area (Å²) in [6.07, 6.45) is 0. The number of halogens is 1. The molecule has 1 heterocycles. The first-order valence-electron chi connectivity index (χ1n) is 9.84. The highest BCUT2D eigenvalue weighted by Crippen LogP contribution is 2.28. The van der Waals surface area contributed by atoms with Gasteiger partial charge in [0.1, 0.15) is 11.5 Å². The van der Waals surface area contributed by atoms with Crippen LogP contribution < -0.4 is 10.9 Å². The summed E-state index contributed by atoms with van der Waals surface area (Å²) in [7, 11) is 0. The molecule has 0 aliphatic heterocycles. The van der Waals surface area contributed by atoms with Crippen LogP contribution in [0.5, 0.6) is 0 Å². The average Bonchev–Trinajstić information content (AvgIpc) is 2.80. The molecule has 33 heavy (non-hydrogen) atoms. The van der Waals surface area contributed by atoms with E-state index in [1.165, 1.54) is 36.4 Å². The van der Waals surface area contributed by atoms with Crippen LogP contribution >= 0.6 is 11.8 Å². The van der Waals surface area contributed by atoms with Crippen LogP contribution in [0.4, 0.5) is 15.8 Å². The second-order valence-electron chi connectivity index (χ2n) is 7.03. The standard InChI is InChI=1S/C23H17FN4O4S/c1-14(21(29)25-18-11-5-7-13-20(18)28(31)32)33-23-26-17-10-4-2-8-15(17)22(30)27(23)19-12-6-3-9-16(19)24/h2-14H,1H3,(H,25,29). The van der Waals surface area contributed by atoms with E-state index in [9.17, 15) is 24.1 Å². The van der Waals surface area contributed by atoms with Crippen LogP contribution in [0.1, 0.15) is 6.92 Å². The normalized spacial score (nSPS) is 11.8. The summed E-state index contributed by atoms with van der Waals surface area (Å²) >= 11 is 0.948. The summed E-state index contributed by atoms with van der Waals surface area (Å²) in [5.74, 6) is -1.15. The SMILES string of the molecule is CC(Sc1nc2ccccc2c(=O)n1-c1ccccc1F)C(=O)Nc1ccccc1[N+](=O)[O-]. The van der Waals surface area contributed by atoms with Crippen molar-refractivity contribution in [2.24, 2.45) is 0 Å². The number of hydrogen-bond acceptors (Lipinski definition) is 6. The number of thioether (sulfide) groups is 1. The monoisotopic (exact) mass is 464 g/mol. The van der Waals surface area contributed by atoms with Gasteiger partial charge in [0, 0.05) is 6.07 Å². The third kappa shape index (κ3) is 4.46. The molecule has 8 nitrogen and oxygen atoms in total. The van der Waals surface area contributed by atoms with Gasteiger partial charge in [0.05, 0.1) is 26.8 Å². The Balaban J connectivity index is 1.73. The summed E-state index contributed by atoms with van der Waals surface area (Å²) in [6.45, 7) is 1.57. The lowest BCUT2D eigenvalue weighted by molar-refractivity contribution is -0.383. The molecule has 0 aliphatic carbocycles. The average molecular weight is 464 g/mol. The number of rotatable bonds is 6. The molecule has 3 aromatic carbocycles. The topological polar surface area (TPSA) is 107 Å². The zero-order valence-corrected chi connectivity index (χ0v) is 18.1. The van der Waals surface area contributed by atoms with Crippen LogP contribution in [0, 0.1) is 15.9 Å². The quantitative estimate of drug-likeness (QED) is 0.194. The van der Waals surface area contributed by atoms with Crippen LogP contribution in [0.2, 0.25) is 0 Å². The summed E-state index contributed by atoms with van der Waals surface area (Å²) in [5, 5.41) is 13.4. The molecular formula is C23H17FN4O4S. The summed E-state index contributed by atoms with van der Waals surface area (Å²) in [5.41, 5.74) is -0.244. The van der Waals surface area contributed by atoms with Crippen molar-refractivity contribution in [3.05, 3.63) is 99.1 Å². The number of hydrogen-bond donors (Lipinski definition) is 1. The summed E-state index contributed by atoms with van der Waals surface area (Å²) in [4.78, 5) is 41.2. The van der Waals surface area contributed by atoms with Gasteiger partial charge in [-0.3, -0.25) is 24.3 Å². The lowest BCUT2D eigenvalue weighted by Gasteiger charge is -2.17. The molecule has 0 saturated carbocycles. The predicted octanol–water partition coefficient (Wildman–Crippen LogP) is 4.55. The minimum Gasteiger partial charge on any atom is -0.319 e. The van der Waals surface area contributed by atoms with E-state index in [1.807, 2.05) is 0 Å². The van der Waals surface area contributed by atoms with Crippen molar-refractivity contribution in [3.8, 4) is 5.69 Å². The molecule has 1 amide bonds. The number of nitrogens with one attached hydrogen (secondary N) is 1. The van der Waals surface area contributed by atoms with Crippen LogP contribution in [0.25, 0.3) is 16.6 Å². The minimum atomic E-state index is -0.809. The zero-order valence-electron chi connectivity index (χ0n) is 17.3. The Morgan fingerprint density at radius 3 is 2.52 bits per heavy atom. The number of aromatic nitrogens is 2. The molecule has 0 fully saturated rings. The number of nitrogens with zero attached hydrogens (tertiary/aromatic N) is 3. The first-order chi connectivity index (χ1) is 15.9. The van der Waals surface area contributed by atoms with E-state index in [4.69, 9.17) is 0 Å². The molecule has 1 unspecified atom stereocenters. The molecule has 4 aromatic rings. The number of fused-ring (bicyclic) bond motifs is 1. The Morgan fingerprint density at radius 2 is 1.76 bits per heavy atom. The second kappa shape index (κ2) is 9.21. The van der Waals surface area contributed by atoms with Gasteiger partial charge in [-0.25, -0.2) is 9.37 Å². The number of carbonyl (C=O) groups excluding carboxylic acids is 1. The predicted molar refractivity (Wildman–Crippen MR) is 124 cm³/mol. The van der Waals surface area contributed by atoms with Gasteiger partial charge in [0.25, 0.3) is 11.2 Å². The highest BCUT2D eigenvalue weighted by atomic mass is 32.2. The third-order valence-electron chi connectivity index (χ3n) is 4.85. The molecule has 0 spiro atoms. The van der Waals surface area contributed by atoms with E-state index < -0.39 is 27.5 Å². The van der Waals surface area contributed by atoms with Crippen molar-refractivity contribution < 1.29 is 14.1 Å². The fourth-order valence-electron chi connectivity index (χ4n) is 3.22. The molecular weight excluding hydrogens is 447 g/mol. The number of carbonyl (C=O) groups is 1. The van der Waals surface area contributed by atoms with Crippen molar-refractivity contribution in [3.63, 3.8) is 0 Å². The van der Waals surface area contributed by atoms with Gasteiger partial charge in [-0.1, -0.05) is 48.2 Å². The summed E-state index contributed by atoms with van der Waals surface area (Å²) in [6, 6.07) is 18.2. The summed E-state index contributed by atoms with van der Waals surface area (Å²) < 4.78 is 15.7. The largest absolute Gasteiger partial charge is 0.319 e. The molecule has 1 aromatic heterocycles. The van der Waals surface area contributed by atoms with Gasteiger partial charge < -0.3 is 5.32 Å². The first kappa shape index (κ1) is 22.2. The highest BCUT2D eigenvalue weighted by molar-refractivity contribution is 8.00. The fourth-order valence-corrected chi connectivity index (χ4v) is 4.14. The van der Waals surface area contributed by atoms with E-state index in [0.717, 1.165) is 16.3 Å². The Hall–Kier alpha value is -4.05. The molecule has 4 rings (SSSR count). The van der Waals surface area contributed by atoms with E-state index >= 15 is 0 Å². The molecule has 1 atom stereocenters. The Morgan fingerprint density at radius 1 is 1.09 bits per heavy atom. The maximum atomic E-state index is 14.6. The maximum absolute atomic E-state index is 14.6.